The number of carboxylic acids is 2. The molecule has 1 aromatic heterocycles. The van der Waals surface area contributed by atoms with Crippen molar-refractivity contribution in [2.24, 2.45) is 5.41 Å². The van der Waals surface area contributed by atoms with Crippen LogP contribution in [0.3, 0.4) is 0 Å². The first kappa shape index (κ1) is 26.5. The minimum absolute atomic E-state index is 0.0549. The van der Waals surface area contributed by atoms with E-state index in [0.29, 0.717) is 11.0 Å². The zero-order chi connectivity index (χ0) is 26.8. The van der Waals surface area contributed by atoms with E-state index in [4.69, 9.17) is 9.15 Å². The number of ether oxygens (including phenoxy) is 1. The largest absolute Gasteiger partial charge is 0.478 e. The smallest absolute Gasteiger partial charge is 0.360 e. The molecule has 3 rings (SSSR count). The molecule has 0 atom stereocenters. The molecule has 0 saturated carbocycles. The Labute approximate surface area is 207 Å². The summed E-state index contributed by atoms with van der Waals surface area (Å²) in [6.07, 6.45) is 0. The van der Waals surface area contributed by atoms with Crippen molar-refractivity contribution >= 4 is 34.4 Å². The summed E-state index contributed by atoms with van der Waals surface area (Å²) < 4.78 is 10.9. The SMILES string of the molecule is CCN(CC)c1ccc2cc(C(=O)c3ccc(OC(C(=O)O)(C(=O)O)C(C)(C)C)cc3)c(=O)oc2c1. The van der Waals surface area contributed by atoms with Crippen LogP contribution in [0.2, 0.25) is 0 Å². The Hall–Kier alpha value is -4.14. The Morgan fingerprint density at radius 3 is 2.00 bits per heavy atom. The van der Waals surface area contributed by atoms with Crippen LogP contribution in [0, 0.1) is 5.41 Å². The number of fused-ring (bicyclic) bond motifs is 1. The molecule has 0 saturated heterocycles. The lowest BCUT2D eigenvalue weighted by Crippen LogP contribution is -2.60. The quantitative estimate of drug-likeness (QED) is 0.254. The van der Waals surface area contributed by atoms with Gasteiger partial charge in [0, 0.05) is 41.2 Å². The maximum atomic E-state index is 13.1. The molecule has 0 unspecified atom stereocenters. The summed E-state index contributed by atoms with van der Waals surface area (Å²) in [4.78, 5) is 51.6. The van der Waals surface area contributed by atoms with Crippen LogP contribution in [0.5, 0.6) is 5.75 Å². The van der Waals surface area contributed by atoms with E-state index in [1.807, 2.05) is 19.9 Å². The van der Waals surface area contributed by atoms with Gasteiger partial charge in [-0.1, -0.05) is 20.8 Å². The first-order chi connectivity index (χ1) is 16.8. The zero-order valence-corrected chi connectivity index (χ0v) is 20.8. The summed E-state index contributed by atoms with van der Waals surface area (Å²) >= 11 is 0. The zero-order valence-electron chi connectivity index (χ0n) is 20.8. The van der Waals surface area contributed by atoms with Gasteiger partial charge in [-0.25, -0.2) is 14.4 Å². The third kappa shape index (κ3) is 4.68. The number of benzene rings is 2. The van der Waals surface area contributed by atoms with E-state index in [-0.39, 0.29) is 16.9 Å². The van der Waals surface area contributed by atoms with Gasteiger partial charge in [-0.2, -0.15) is 0 Å². The van der Waals surface area contributed by atoms with Crippen molar-refractivity contribution in [2.45, 2.75) is 40.2 Å². The van der Waals surface area contributed by atoms with Gasteiger partial charge in [-0.15, -0.1) is 0 Å². The summed E-state index contributed by atoms with van der Waals surface area (Å²) in [5, 5.41) is 19.9. The molecule has 9 heteroatoms. The van der Waals surface area contributed by atoms with Gasteiger partial charge in [0.25, 0.3) is 0 Å². The van der Waals surface area contributed by atoms with Crippen molar-refractivity contribution < 1.29 is 33.8 Å². The number of anilines is 1. The van der Waals surface area contributed by atoms with Gasteiger partial charge in [0.2, 0.25) is 0 Å². The summed E-state index contributed by atoms with van der Waals surface area (Å²) in [6, 6.07) is 12.2. The van der Waals surface area contributed by atoms with Crippen molar-refractivity contribution in [1.82, 2.24) is 0 Å². The fraction of sp³-hybridized carbons (Fsp3) is 0.333. The molecule has 2 aromatic carbocycles. The number of carbonyl (C=O) groups is 3. The molecular weight excluding hydrogens is 466 g/mol. The summed E-state index contributed by atoms with van der Waals surface area (Å²) in [5.41, 5.74) is -3.40. The van der Waals surface area contributed by atoms with Crippen molar-refractivity contribution in [2.75, 3.05) is 18.0 Å². The molecule has 9 nitrogen and oxygen atoms in total. The van der Waals surface area contributed by atoms with Gasteiger partial charge in [0.1, 0.15) is 16.9 Å². The Morgan fingerprint density at radius 2 is 1.50 bits per heavy atom. The second-order valence-electron chi connectivity index (χ2n) is 9.34. The second-order valence-corrected chi connectivity index (χ2v) is 9.34. The Morgan fingerprint density at radius 1 is 0.917 bits per heavy atom. The first-order valence-corrected chi connectivity index (χ1v) is 11.5. The molecule has 0 fully saturated rings. The molecule has 0 radical (unpaired) electrons. The minimum atomic E-state index is -2.55. The highest BCUT2D eigenvalue weighted by atomic mass is 16.6. The topological polar surface area (TPSA) is 134 Å². The lowest BCUT2D eigenvalue weighted by atomic mass is 9.76. The van der Waals surface area contributed by atoms with E-state index in [2.05, 4.69) is 4.90 Å². The van der Waals surface area contributed by atoms with Crippen LogP contribution in [0.25, 0.3) is 11.0 Å². The predicted octanol–water partition coefficient (Wildman–Crippen LogP) is 4.20. The van der Waals surface area contributed by atoms with Gasteiger partial charge < -0.3 is 24.3 Å². The van der Waals surface area contributed by atoms with Crippen LogP contribution >= 0.6 is 0 Å². The normalized spacial score (nSPS) is 11.8. The summed E-state index contributed by atoms with van der Waals surface area (Å²) in [5.74, 6) is -3.95. The number of hydrogen-bond donors (Lipinski definition) is 2. The fourth-order valence-electron chi connectivity index (χ4n) is 4.02. The van der Waals surface area contributed by atoms with Crippen molar-refractivity contribution in [3.63, 3.8) is 0 Å². The van der Waals surface area contributed by atoms with Crippen LogP contribution in [0.1, 0.15) is 50.5 Å². The van der Waals surface area contributed by atoms with E-state index in [1.54, 1.807) is 12.1 Å². The molecule has 0 aliphatic carbocycles. The van der Waals surface area contributed by atoms with E-state index < -0.39 is 34.4 Å². The Balaban J connectivity index is 1.94. The van der Waals surface area contributed by atoms with E-state index >= 15 is 0 Å². The average Bonchev–Trinajstić information content (AvgIpc) is 2.81. The number of ketones is 1. The van der Waals surface area contributed by atoms with E-state index in [0.717, 1.165) is 18.8 Å². The lowest BCUT2D eigenvalue weighted by molar-refractivity contribution is -0.183. The summed E-state index contributed by atoms with van der Waals surface area (Å²) in [6.45, 7) is 9.95. The van der Waals surface area contributed by atoms with Gasteiger partial charge >= 0.3 is 23.2 Å². The standard InChI is InChI=1S/C27H29NO8/c1-6-28(7-2)18-11-8-17-14-20(23(30)35-21(17)15-18)22(29)16-9-12-19(13-10-16)36-27(24(31)32,25(33)34)26(3,4)5/h8-15H,6-7H2,1-5H3,(H,31,32)(H,33,34). The van der Waals surface area contributed by atoms with Gasteiger partial charge in [0.15, 0.2) is 5.78 Å². The molecule has 1 heterocycles. The average molecular weight is 496 g/mol. The number of hydrogen-bond acceptors (Lipinski definition) is 7. The van der Waals surface area contributed by atoms with E-state index in [9.17, 15) is 29.4 Å². The molecule has 190 valence electrons. The van der Waals surface area contributed by atoms with E-state index in [1.165, 1.54) is 51.1 Å². The number of carboxylic acid groups (broad SMARTS) is 2. The van der Waals surface area contributed by atoms with Gasteiger partial charge in [-0.3, -0.25) is 4.79 Å². The molecule has 0 aliphatic heterocycles. The van der Waals surface area contributed by atoms with Crippen molar-refractivity contribution in [3.05, 3.63) is 70.1 Å². The van der Waals surface area contributed by atoms with Gasteiger partial charge in [0.05, 0.1) is 0 Å². The maximum Gasteiger partial charge on any atom is 0.360 e. The van der Waals surface area contributed by atoms with Crippen LogP contribution in [-0.4, -0.2) is 46.6 Å². The molecule has 0 amide bonds. The molecule has 3 aromatic rings. The predicted molar refractivity (Wildman–Crippen MR) is 134 cm³/mol. The monoisotopic (exact) mass is 495 g/mol. The Kier molecular flexibility index (Phi) is 7.24. The molecule has 2 N–H and O–H groups in total. The number of nitrogens with zero attached hydrogens (tertiary/aromatic N) is 1. The molecule has 0 bridgehead atoms. The maximum absolute atomic E-state index is 13.1. The van der Waals surface area contributed by atoms with Crippen LogP contribution in [0.4, 0.5) is 5.69 Å². The van der Waals surface area contributed by atoms with Gasteiger partial charge in [-0.05, 0) is 56.3 Å². The van der Waals surface area contributed by atoms with Crippen LogP contribution < -0.4 is 15.3 Å². The van der Waals surface area contributed by atoms with Crippen molar-refractivity contribution in [1.29, 1.82) is 0 Å². The fourth-order valence-corrected chi connectivity index (χ4v) is 4.02. The lowest BCUT2D eigenvalue weighted by Gasteiger charge is -2.37. The highest BCUT2D eigenvalue weighted by Crippen LogP contribution is 2.36. The molecule has 36 heavy (non-hydrogen) atoms. The van der Waals surface area contributed by atoms with Crippen molar-refractivity contribution in [3.8, 4) is 5.75 Å². The number of carbonyl (C=O) groups excluding carboxylic acids is 1. The highest BCUT2D eigenvalue weighted by Gasteiger charge is 2.59. The highest BCUT2D eigenvalue weighted by molar-refractivity contribution is 6.10. The van der Waals surface area contributed by atoms with Crippen LogP contribution in [-0.2, 0) is 9.59 Å². The van der Waals surface area contributed by atoms with Crippen LogP contribution in [0.15, 0.2) is 57.7 Å². The Bertz CT molecular complexity index is 1350. The number of rotatable bonds is 9. The number of aliphatic carboxylic acids is 2. The third-order valence-corrected chi connectivity index (χ3v) is 6.14. The molecule has 0 spiro atoms. The molecule has 0 aliphatic rings. The molecular formula is C27H29NO8. The minimum Gasteiger partial charge on any atom is -0.478 e. The first-order valence-electron chi connectivity index (χ1n) is 11.5. The second kappa shape index (κ2) is 9.85. The summed E-state index contributed by atoms with van der Waals surface area (Å²) in [7, 11) is 0. The third-order valence-electron chi connectivity index (χ3n) is 6.14.